The van der Waals surface area contributed by atoms with Crippen LogP contribution in [0.2, 0.25) is 0 Å². The standard InChI is InChI=1S/C22H14F4N4O2/c23-16-5-1-3-13(9-16)20(31)30-19-8-7-18(10-14(19)12-27)29-21(32)28-17-6-2-4-15(11-17)22(24,25)26/h1-11H,(H,30,31)(H2,28,29,32). The largest absolute Gasteiger partial charge is 0.416 e. The quantitative estimate of drug-likeness (QED) is 0.458. The number of hydrogen-bond acceptors (Lipinski definition) is 3. The van der Waals surface area contributed by atoms with Crippen molar-refractivity contribution in [3.8, 4) is 6.07 Å². The molecule has 6 nitrogen and oxygen atoms in total. The third kappa shape index (κ3) is 5.60. The van der Waals surface area contributed by atoms with E-state index in [4.69, 9.17) is 0 Å². The number of anilines is 3. The molecular weight excluding hydrogens is 428 g/mol. The molecule has 0 aliphatic carbocycles. The smallest absolute Gasteiger partial charge is 0.321 e. The molecule has 3 N–H and O–H groups in total. The van der Waals surface area contributed by atoms with Crippen molar-refractivity contribution in [3.05, 3.63) is 89.2 Å². The van der Waals surface area contributed by atoms with E-state index in [1.165, 1.54) is 42.5 Å². The molecule has 0 saturated carbocycles. The summed E-state index contributed by atoms with van der Waals surface area (Å²) in [4.78, 5) is 24.4. The van der Waals surface area contributed by atoms with E-state index < -0.39 is 29.5 Å². The maximum absolute atomic E-state index is 13.3. The van der Waals surface area contributed by atoms with Gasteiger partial charge in [0.25, 0.3) is 5.91 Å². The summed E-state index contributed by atoms with van der Waals surface area (Å²) >= 11 is 0. The Bertz CT molecular complexity index is 1220. The lowest BCUT2D eigenvalue weighted by Crippen LogP contribution is -2.20. The molecule has 0 aromatic heterocycles. The molecule has 0 heterocycles. The highest BCUT2D eigenvalue weighted by Crippen LogP contribution is 2.30. The second-order valence-corrected chi connectivity index (χ2v) is 6.49. The van der Waals surface area contributed by atoms with Crippen LogP contribution in [-0.2, 0) is 6.18 Å². The number of hydrogen-bond donors (Lipinski definition) is 3. The van der Waals surface area contributed by atoms with E-state index in [0.717, 1.165) is 24.3 Å². The van der Waals surface area contributed by atoms with Crippen molar-refractivity contribution < 1.29 is 27.2 Å². The molecule has 0 atom stereocenters. The summed E-state index contributed by atoms with van der Waals surface area (Å²) < 4.78 is 51.6. The van der Waals surface area contributed by atoms with E-state index >= 15 is 0 Å². The van der Waals surface area contributed by atoms with Gasteiger partial charge in [-0.1, -0.05) is 12.1 Å². The van der Waals surface area contributed by atoms with Crippen molar-refractivity contribution in [3.63, 3.8) is 0 Å². The Morgan fingerprint density at radius 2 is 1.53 bits per heavy atom. The zero-order valence-corrected chi connectivity index (χ0v) is 16.1. The van der Waals surface area contributed by atoms with E-state index in [0.29, 0.717) is 0 Å². The van der Waals surface area contributed by atoms with Crippen molar-refractivity contribution in [2.75, 3.05) is 16.0 Å². The fraction of sp³-hybridized carbons (Fsp3) is 0.0455. The van der Waals surface area contributed by atoms with Crippen molar-refractivity contribution in [2.45, 2.75) is 6.18 Å². The molecule has 0 spiro atoms. The summed E-state index contributed by atoms with van der Waals surface area (Å²) in [6.45, 7) is 0. The highest BCUT2D eigenvalue weighted by atomic mass is 19.4. The topological polar surface area (TPSA) is 94.0 Å². The van der Waals surface area contributed by atoms with Crippen LogP contribution in [0.25, 0.3) is 0 Å². The first-order valence-electron chi connectivity index (χ1n) is 9.02. The van der Waals surface area contributed by atoms with E-state index in [9.17, 15) is 32.4 Å². The van der Waals surface area contributed by atoms with Crippen LogP contribution < -0.4 is 16.0 Å². The molecule has 3 aromatic rings. The molecule has 10 heteroatoms. The van der Waals surface area contributed by atoms with Gasteiger partial charge in [0.15, 0.2) is 0 Å². The number of carbonyl (C=O) groups excluding carboxylic acids is 2. The normalized spacial score (nSPS) is 10.7. The van der Waals surface area contributed by atoms with Gasteiger partial charge in [0, 0.05) is 16.9 Å². The summed E-state index contributed by atoms with van der Waals surface area (Å²) in [7, 11) is 0. The Morgan fingerprint density at radius 1 is 0.844 bits per heavy atom. The average molecular weight is 442 g/mol. The van der Waals surface area contributed by atoms with E-state index in [2.05, 4.69) is 16.0 Å². The molecule has 0 aliphatic heterocycles. The number of amides is 3. The molecule has 0 bridgehead atoms. The number of halogens is 4. The van der Waals surface area contributed by atoms with Crippen molar-refractivity contribution in [1.29, 1.82) is 5.26 Å². The second kappa shape index (κ2) is 9.18. The molecule has 0 radical (unpaired) electrons. The summed E-state index contributed by atoms with van der Waals surface area (Å²) in [6.07, 6.45) is -4.55. The van der Waals surface area contributed by atoms with Gasteiger partial charge in [0.2, 0.25) is 0 Å². The van der Waals surface area contributed by atoms with Gasteiger partial charge < -0.3 is 16.0 Å². The molecule has 32 heavy (non-hydrogen) atoms. The minimum absolute atomic E-state index is 0.00613. The van der Waals surface area contributed by atoms with Gasteiger partial charge in [-0.15, -0.1) is 0 Å². The third-order valence-electron chi connectivity index (χ3n) is 4.18. The Hall–Kier alpha value is -4.39. The van der Waals surface area contributed by atoms with E-state index in [1.54, 1.807) is 0 Å². The van der Waals surface area contributed by atoms with Gasteiger partial charge in [0.1, 0.15) is 11.9 Å². The predicted molar refractivity (Wildman–Crippen MR) is 110 cm³/mol. The van der Waals surface area contributed by atoms with Crippen LogP contribution in [0.1, 0.15) is 21.5 Å². The molecule has 3 rings (SSSR count). The van der Waals surface area contributed by atoms with Gasteiger partial charge in [0.05, 0.1) is 16.8 Å². The fourth-order valence-corrected chi connectivity index (χ4v) is 2.71. The molecule has 0 saturated heterocycles. The Morgan fingerprint density at radius 3 is 2.19 bits per heavy atom. The maximum Gasteiger partial charge on any atom is 0.416 e. The Balaban J connectivity index is 1.70. The van der Waals surface area contributed by atoms with Crippen LogP contribution in [0.15, 0.2) is 66.7 Å². The van der Waals surface area contributed by atoms with Crippen LogP contribution in [0.3, 0.4) is 0 Å². The fourth-order valence-electron chi connectivity index (χ4n) is 2.71. The maximum atomic E-state index is 13.3. The molecule has 3 amide bonds. The predicted octanol–water partition coefficient (Wildman–Crippen LogP) is 5.61. The minimum atomic E-state index is -4.55. The van der Waals surface area contributed by atoms with Gasteiger partial charge in [-0.2, -0.15) is 18.4 Å². The first-order valence-corrected chi connectivity index (χ1v) is 9.02. The van der Waals surface area contributed by atoms with Gasteiger partial charge in [-0.05, 0) is 54.6 Å². The minimum Gasteiger partial charge on any atom is -0.321 e. The van der Waals surface area contributed by atoms with Crippen LogP contribution in [0.4, 0.5) is 39.4 Å². The molecule has 0 fully saturated rings. The van der Waals surface area contributed by atoms with Crippen LogP contribution >= 0.6 is 0 Å². The van der Waals surface area contributed by atoms with Gasteiger partial charge >= 0.3 is 12.2 Å². The van der Waals surface area contributed by atoms with Gasteiger partial charge in [-0.25, -0.2) is 9.18 Å². The van der Waals surface area contributed by atoms with Crippen molar-refractivity contribution >= 4 is 29.0 Å². The highest BCUT2D eigenvalue weighted by Gasteiger charge is 2.30. The number of carbonyl (C=O) groups is 2. The zero-order valence-electron chi connectivity index (χ0n) is 16.1. The molecule has 0 unspecified atom stereocenters. The summed E-state index contributed by atoms with van der Waals surface area (Å²) in [5.41, 5.74) is -0.638. The number of rotatable bonds is 4. The second-order valence-electron chi connectivity index (χ2n) is 6.49. The van der Waals surface area contributed by atoms with E-state index in [1.807, 2.05) is 6.07 Å². The first-order chi connectivity index (χ1) is 15.2. The third-order valence-corrected chi connectivity index (χ3v) is 4.18. The number of nitriles is 1. The van der Waals surface area contributed by atoms with E-state index in [-0.39, 0.29) is 28.2 Å². The Kier molecular flexibility index (Phi) is 6.39. The van der Waals surface area contributed by atoms with Crippen LogP contribution in [0.5, 0.6) is 0 Å². The molecular formula is C22H14F4N4O2. The molecule has 162 valence electrons. The lowest BCUT2D eigenvalue weighted by Gasteiger charge is -2.12. The van der Waals surface area contributed by atoms with Crippen molar-refractivity contribution in [1.82, 2.24) is 0 Å². The zero-order chi connectivity index (χ0) is 23.3. The summed E-state index contributed by atoms with van der Waals surface area (Å²) in [6, 6.07) is 14.1. The number of nitrogens with one attached hydrogen (secondary N) is 3. The molecule has 0 aliphatic rings. The average Bonchev–Trinajstić information content (AvgIpc) is 2.74. The molecule has 3 aromatic carbocycles. The number of benzene rings is 3. The number of alkyl halides is 3. The number of urea groups is 1. The first kappa shape index (κ1) is 22.3. The van der Waals surface area contributed by atoms with Gasteiger partial charge in [-0.3, -0.25) is 4.79 Å². The summed E-state index contributed by atoms with van der Waals surface area (Å²) in [5, 5.41) is 16.5. The van der Waals surface area contributed by atoms with Crippen LogP contribution in [-0.4, -0.2) is 11.9 Å². The number of nitrogens with zero attached hydrogens (tertiary/aromatic N) is 1. The highest BCUT2D eigenvalue weighted by molar-refractivity contribution is 6.05. The summed E-state index contributed by atoms with van der Waals surface area (Å²) in [5.74, 6) is -1.23. The Labute approximate surface area is 179 Å². The van der Waals surface area contributed by atoms with Crippen molar-refractivity contribution in [2.24, 2.45) is 0 Å². The van der Waals surface area contributed by atoms with Crippen LogP contribution in [0, 0.1) is 17.1 Å². The lowest BCUT2D eigenvalue weighted by molar-refractivity contribution is -0.137. The lowest BCUT2D eigenvalue weighted by atomic mass is 10.1. The monoisotopic (exact) mass is 442 g/mol. The SMILES string of the molecule is N#Cc1cc(NC(=O)Nc2cccc(C(F)(F)F)c2)ccc1NC(=O)c1cccc(F)c1.